The molecule has 0 bridgehead atoms. The summed E-state index contributed by atoms with van der Waals surface area (Å²) in [6, 6.07) is 8.23. The fraction of sp³-hybridized carbons (Fsp3) is 0.467. The van der Waals surface area contributed by atoms with Crippen molar-refractivity contribution >= 4 is 5.95 Å². The van der Waals surface area contributed by atoms with E-state index in [9.17, 15) is 0 Å². The summed E-state index contributed by atoms with van der Waals surface area (Å²) in [5.74, 6) is 2.37. The molecule has 21 heavy (non-hydrogen) atoms. The first-order valence-electron chi connectivity index (χ1n) is 7.13. The Balaban J connectivity index is 1.68. The maximum absolute atomic E-state index is 5.77. The van der Waals surface area contributed by atoms with E-state index in [1.54, 1.807) is 0 Å². The number of aromatic nitrogens is 3. The van der Waals surface area contributed by atoms with Gasteiger partial charge in [-0.15, -0.1) is 0 Å². The lowest BCUT2D eigenvalue weighted by molar-refractivity contribution is 0.313. The lowest BCUT2D eigenvalue weighted by atomic mass is 10.2. The maximum Gasteiger partial charge on any atom is 0.218 e. The third-order valence-electron chi connectivity index (χ3n) is 2.88. The average molecular weight is 289 g/mol. The highest BCUT2D eigenvalue weighted by Crippen LogP contribution is 2.14. The van der Waals surface area contributed by atoms with Gasteiger partial charge in [0.15, 0.2) is 0 Å². The van der Waals surface area contributed by atoms with Crippen molar-refractivity contribution < 1.29 is 4.74 Å². The molecule has 114 valence electrons. The summed E-state index contributed by atoms with van der Waals surface area (Å²) in [6.45, 7) is 4.24. The zero-order chi connectivity index (χ0) is 15.1. The van der Waals surface area contributed by atoms with Crippen molar-refractivity contribution in [2.75, 3.05) is 32.6 Å². The van der Waals surface area contributed by atoms with Gasteiger partial charge < -0.3 is 15.0 Å². The van der Waals surface area contributed by atoms with Crippen LogP contribution < -0.4 is 10.1 Å². The third kappa shape index (κ3) is 5.43. The van der Waals surface area contributed by atoms with Crippen molar-refractivity contribution in [3.63, 3.8) is 0 Å². The van der Waals surface area contributed by atoms with E-state index in [1.807, 2.05) is 19.1 Å². The molecule has 2 aromatic rings. The summed E-state index contributed by atoms with van der Waals surface area (Å²) in [6.07, 6.45) is 0.900. The van der Waals surface area contributed by atoms with Gasteiger partial charge in [-0.2, -0.15) is 10.1 Å². The molecule has 0 saturated carbocycles. The number of hydrogen-bond donors (Lipinski definition) is 2. The SMILES string of the molecule is Cc1n[nH]c(NCCCOc2cccc(CN(C)C)c2)n1. The Labute approximate surface area is 125 Å². The van der Waals surface area contributed by atoms with Gasteiger partial charge in [-0.3, -0.25) is 0 Å². The second-order valence-electron chi connectivity index (χ2n) is 5.25. The Morgan fingerprint density at radius 3 is 2.90 bits per heavy atom. The molecule has 0 unspecified atom stereocenters. The summed E-state index contributed by atoms with van der Waals surface area (Å²) in [4.78, 5) is 6.32. The van der Waals surface area contributed by atoms with Gasteiger partial charge in [-0.1, -0.05) is 12.1 Å². The number of benzene rings is 1. The van der Waals surface area contributed by atoms with E-state index in [2.05, 4.69) is 51.6 Å². The third-order valence-corrected chi connectivity index (χ3v) is 2.88. The van der Waals surface area contributed by atoms with Crippen molar-refractivity contribution in [2.45, 2.75) is 19.9 Å². The Morgan fingerprint density at radius 2 is 2.19 bits per heavy atom. The topological polar surface area (TPSA) is 66.1 Å². The van der Waals surface area contributed by atoms with E-state index < -0.39 is 0 Å². The van der Waals surface area contributed by atoms with E-state index in [-0.39, 0.29) is 0 Å². The van der Waals surface area contributed by atoms with Crippen LogP contribution in [0.2, 0.25) is 0 Å². The van der Waals surface area contributed by atoms with Crippen LogP contribution in [0.4, 0.5) is 5.95 Å². The molecular formula is C15H23N5O. The largest absolute Gasteiger partial charge is 0.494 e. The lowest BCUT2D eigenvalue weighted by Gasteiger charge is -2.11. The number of nitrogens with one attached hydrogen (secondary N) is 2. The van der Waals surface area contributed by atoms with E-state index in [0.29, 0.717) is 12.6 Å². The molecule has 0 fully saturated rings. The molecule has 6 heteroatoms. The summed E-state index contributed by atoms with van der Waals surface area (Å²) >= 11 is 0. The normalized spacial score (nSPS) is 10.9. The van der Waals surface area contributed by atoms with Gasteiger partial charge in [0.2, 0.25) is 5.95 Å². The van der Waals surface area contributed by atoms with Gasteiger partial charge in [0.05, 0.1) is 6.61 Å². The van der Waals surface area contributed by atoms with Gasteiger partial charge in [0.25, 0.3) is 0 Å². The Morgan fingerprint density at radius 1 is 1.33 bits per heavy atom. The van der Waals surface area contributed by atoms with Crippen LogP contribution in [0.1, 0.15) is 17.8 Å². The second kappa shape index (κ2) is 7.64. The zero-order valence-electron chi connectivity index (χ0n) is 12.9. The van der Waals surface area contributed by atoms with Crippen molar-refractivity contribution in [3.8, 4) is 5.75 Å². The molecule has 0 aliphatic heterocycles. The fourth-order valence-electron chi connectivity index (χ4n) is 1.99. The molecular weight excluding hydrogens is 266 g/mol. The number of aromatic amines is 1. The Bertz CT molecular complexity index is 553. The molecule has 2 rings (SSSR count). The van der Waals surface area contributed by atoms with E-state index in [4.69, 9.17) is 4.74 Å². The first-order valence-corrected chi connectivity index (χ1v) is 7.13. The number of H-pyrrole nitrogens is 1. The standard InChI is InChI=1S/C15H23N5O/c1-12-17-15(19-18-12)16-8-5-9-21-14-7-4-6-13(10-14)11-20(2)3/h4,6-7,10H,5,8-9,11H2,1-3H3,(H2,16,17,18,19). The Kier molecular flexibility index (Phi) is 5.57. The number of hydrogen-bond acceptors (Lipinski definition) is 5. The molecule has 0 aliphatic rings. The summed E-state index contributed by atoms with van der Waals surface area (Å²) in [5, 5.41) is 9.96. The minimum absolute atomic E-state index is 0.672. The van der Waals surface area contributed by atoms with Crippen molar-refractivity contribution in [3.05, 3.63) is 35.7 Å². The average Bonchev–Trinajstić information content (AvgIpc) is 2.84. The fourth-order valence-corrected chi connectivity index (χ4v) is 1.99. The van der Waals surface area contributed by atoms with Gasteiger partial charge in [-0.05, 0) is 45.1 Å². The molecule has 0 amide bonds. The first-order chi connectivity index (χ1) is 10.1. The van der Waals surface area contributed by atoms with Crippen LogP contribution in [-0.2, 0) is 6.54 Å². The number of anilines is 1. The second-order valence-corrected chi connectivity index (χ2v) is 5.25. The minimum atomic E-state index is 0.672. The smallest absolute Gasteiger partial charge is 0.218 e. The molecule has 1 aromatic carbocycles. The molecule has 1 heterocycles. The molecule has 0 spiro atoms. The molecule has 0 atom stereocenters. The van der Waals surface area contributed by atoms with E-state index in [1.165, 1.54) is 5.56 Å². The molecule has 2 N–H and O–H groups in total. The van der Waals surface area contributed by atoms with E-state index in [0.717, 1.165) is 31.1 Å². The number of rotatable bonds is 8. The van der Waals surface area contributed by atoms with Crippen molar-refractivity contribution in [2.24, 2.45) is 0 Å². The molecule has 0 aliphatic carbocycles. The van der Waals surface area contributed by atoms with Gasteiger partial charge in [0, 0.05) is 13.1 Å². The summed E-state index contributed by atoms with van der Waals surface area (Å²) in [7, 11) is 4.12. The highest BCUT2D eigenvalue weighted by atomic mass is 16.5. The first kappa shape index (κ1) is 15.3. The monoisotopic (exact) mass is 289 g/mol. The van der Waals surface area contributed by atoms with Crippen LogP contribution in [0.5, 0.6) is 5.75 Å². The van der Waals surface area contributed by atoms with Crippen LogP contribution in [0, 0.1) is 6.92 Å². The van der Waals surface area contributed by atoms with Crippen LogP contribution in [0.3, 0.4) is 0 Å². The van der Waals surface area contributed by atoms with Gasteiger partial charge >= 0.3 is 0 Å². The van der Waals surface area contributed by atoms with Crippen LogP contribution in [0.25, 0.3) is 0 Å². The predicted octanol–water partition coefficient (Wildman–Crippen LogP) is 2.06. The zero-order valence-corrected chi connectivity index (χ0v) is 12.9. The molecule has 0 saturated heterocycles. The van der Waals surface area contributed by atoms with Gasteiger partial charge in [0.1, 0.15) is 11.6 Å². The van der Waals surface area contributed by atoms with Gasteiger partial charge in [-0.25, -0.2) is 5.10 Å². The van der Waals surface area contributed by atoms with Crippen molar-refractivity contribution in [1.29, 1.82) is 0 Å². The number of aryl methyl sites for hydroxylation is 1. The predicted molar refractivity (Wildman–Crippen MR) is 83.6 cm³/mol. The van der Waals surface area contributed by atoms with Crippen molar-refractivity contribution in [1.82, 2.24) is 20.1 Å². The quantitative estimate of drug-likeness (QED) is 0.728. The highest BCUT2D eigenvalue weighted by Gasteiger charge is 2.00. The van der Waals surface area contributed by atoms with Crippen LogP contribution in [0.15, 0.2) is 24.3 Å². The summed E-state index contributed by atoms with van der Waals surface area (Å²) < 4.78 is 5.77. The van der Waals surface area contributed by atoms with E-state index >= 15 is 0 Å². The molecule has 6 nitrogen and oxygen atoms in total. The maximum atomic E-state index is 5.77. The Hall–Kier alpha value is -2.08. The number of ether oxygens (including phenoxy) is 1. The minimum Gasteiger partial charge on any atom is -0.494 e. The molecule has 0 radical (unpaired) electrons. The summed E-state index contributed by atoms with van der Waals surface area (Å²) in [5.41, 5.74) is 1.26. The molecule has 1 aromatic heterocycles. The highest BCUT2D eigenvalue weighted by molar-refractivity contribution is 5.28. The lowest BCUT2D eigenvalue weighted by Crippen LogP contribution is -2.11. The number of nitrogens with zero attached hydrogens (tertiary/aromatic N) is 3. The van der Waals surface area contributed by atoms with Crippen LogP contribution >= 0.6 is 0 Å². The van der Waals surface area contributed by atoms with Crippen LogP contribution in [-0.4, -0.2) is 47.3 Å².